The van der Waals surface area contributed by atoms with E-state index in [0.717, 1.165) is 17.1 Å². The third-order valence-electron chi connectivity index (χ3n) is 4.75. The van der Waals surface area contributed by atoms with Gasteiger partial charge in [-0.1, -0.05) is 6.92 Å². The number of pyridine rings is 1. The molecule has 0 fully saturated rings. The quantitative estimate of drug-likeness (QED) is 0.627. The van der Waals surface area contributed by atoms with Crippen LogP contribution >= 0.6 is 0 Å². The van der Waals surface area contributed by atoms with Crippen LogP contribution in [-0.2, 0) is 4.79 Å². The van der Waals surface area contributed by atoms with Gasteiger partial charge >= 0.3 is 5.97 Å². The van der Waals surface area contributed by atoms with E-state index in [1.165, 1.54) is 0 Å². The van der Waals surface area contributed by atoms with E-state index < -0.39 is 5.97 Å². The molecule has 0 aliphatic heterocycles. The number of aromatic nitrogens is 3. The SMILES string of the molecule is Cc1cc(-c2cc(C(=O)NCC(C)CC(=O)O)c3cnn(C(C)C)c3n2)c(C)o1. The number of hydrogen-bond donors (Lipinski definition) is 2. The number of carboxylic acid groups (broad SMARTS) is 1. The Morgan fingerprint density at radius 1 is 1.24 bits per heavy atom. The molecule has 0 aliphatic rings. The highest BCUT2D eigenvalue weighted by Crippen LogP contribution is 2.30. The van der Waals surface area contributed by atoms with Crippen molar-refractivity contribution < 1.29 is 19.1 Å². The lowest BCUT2D eigenvalue weighted by atomic mass is 10.1. The number of carboxylic acids is 1. The van der Waals surface area contributed by atoms with Crippen molar-refractivity contribution in [1.82, 2.24) is 20.1 Å². The Morgan fingerprint density at radius 2 is 1.97 bits per heavy atom. The summed E-state index contributed by atoms with van der Waals surface area (Å²) >= 11 is 0. The molecular formula is C21H26N4O4. The standard InChI is InChI=1S/C21H26N4O4/c1-11(2)25-20-17(10-23-25)16(21(28)22-9-12(3)6-19(26)27)8-18(24-20)15-7-13(4)29-14(15)5/h7-8,10-12H,6,9H2,1-5H3,(H,22,28)(H,26,27). The first kappa shape index (κ1) is 20.6. The number of aryl methyl sites for hydroxylation is 2. The highest BCUT2D eigenvalue weighted by Gasteiger charge is 2.20. The van der Waals surface area contributed by atoms with Crippen molar-refractivity contribution >= 4 is 22.9 Å². The van der Waals surface area contributed by atoms with Gasteiger partial charge in [-0.05, 0) is 45.7 Å². The molecule has 0 radical (unpaired) electrons. The van der Waals surface area contributed by atoms with Gasteiger partial charge in [0.1, 0.15) is 11.5 Å². The molecule has 2 N–H and O–H groups in total. The van der Waals surface area contributed by atoms with Gasteiger partial charge in [0.25, 0.3) is 5.91 Å². The zero-order chi connectivity index (χ0) is 21.3. The molecule has 0 aliphatic carbocycles. The van der Waals surface area contributed by atoms with E-state index in [1.807, 2.05) is 33.8 Å². The van der Waals surface area contributed by atoms with E-state index >= 15 is 0 Å². The maximum Gasteiger partial charge on any atom is 0.303 e. The van der Waals surface area contributed by atoms with Gasteiger partial charge in [0, 0.05) is 24.6 Å². The number of fused-ring (bicyclic) bond motifs is 1. The fraction of sp³-hybridized carbons (Fsp3) is 0.429. The molecule has 1 unspecified atom stereocenters. The van der Waals surface area contributed by atoms with E-state index in [0.29, 0.717) is 22.3 Å². The van der Waals surface area contributed by atoms with Crippen molar-refractivity contribution in [2.24, 2.45) is 5.92 Å². The molecule has 0 saturated heterocycles. The Kier molecular flexibility index (Phi) is 5.72. The predicted octanol–water partition coefficient (Wildman–Crippen LogP) is 3.73. The lowest BCUT2D eigenvalue weighted by Crippen LogP contribution is -2.29. The van der Waals surface area contributed by atoms with Crippen molar-refractivity contribution in [2.75, 3.05) is 6.54 Å². The molecule has 3 rings (SSSR count). The summed E-state index contributed by atoms with van der Waals surface area (Å²) in [7, 11) is 0. The van der Waals surface area contributed by atoms with Gasteiger partial charge in [0.15, 0.2) is 5.65 Å². The van der Waals surface area contributed by atoms with Crippen molar-refractivity contribution in [2.45, 2.75) is 47.1 Å². The number of carbonyl (C=O) groups is 2. The molecule has 0 aromatic carbocycles. The molecule has 3 heterocycles. The molecule has 3 aromatic rings. The number of carbonyl (C=O) groups excluding carboxylic acids is 1. The molecule has 3 aromatic heterocycles. The molecule has 29 heavy (non-hydrogen) atoms. The van der Waals surface area contributed by atoms with Crippen LogP contribution in [0.15, 0.2) is 22.7 Å². The second kappa shape index (κ2) is 8.06. The van der Waals surface area contributed by atoms with Crippen LogP contribution in [0.4, 0.5) is 0 Å². The summed E-state index contributed by atoms with van der Waals surface area (Å²) < 4.78 is 7.42. The predicted molar refractivity (Wildman–Crippen MR) is 109 cm³/mol. The first-order valence-electron chi connectivity index (χ1n) is 9.63. The van der Waals surface area contributed by atoms with Gasteiger partial charge in [-0.25, -0.2) is 9.67 Å². The summed E-state index contributed by atoms with van der Waals surface area (Å²) in [4.78, 5) is 28.6. The van der Waals surface area contributed by atoms with Gasteiger partial charge in [-0.3, -0.25) is 9.59 Å². The number of hydrogen-bond acceptors (Lipinski definition) is 5. The maximum atomic E-state index is 13.0. The smallest absolute Gasteiger partial charge is 0.303 e. The van der Waals surface area contributed by atoms with Crippen LogP contribution < -0.4 is 5.32 Å². The third-order valence-corrected chi connectivity index (χ3v) is 4.75. The summed E-state index contributed by atoms with van der Waals surface area (Å²) in [6, 6.07) is 3.72. The van der Waals surface area contributed by atoms with Crippen molar-refractivity contribution in [3.05, 3.63) is 35.4 Å². The van der Waals surface area contributed by atoms with E-state index in [9.17, 15) is 9.59 Å². The van der Waals surface area contributed by atoms with Crippen LogP contribution in [-0.4, -0.2) is 38.3 Å². The summed E-state index contributed by atoms with van der Waals surface area (Å²) in [5.41, 5.74) is 2.55. The molecule has 0 bridgehead atoms. The van der Waals surface area contributed by atoms with E-state index in [2.05, 4.69) is 10.4 Å². The summed E-state index contributed by atoms with van der Waals surface area (Å²) in [5, 5.41) is 16.8. The molecular weight excluding hydrogens is 372 g/mol. The average Bonchev–Trinajstić information content (AvgIpc) is 3.20. The van der Waals surface area contributed by atoms with Crippen molar-refractivity contribution in [1.29, 1.82) is 0 Å². The van der Waals surface area contributed by atoms with Gasteiger partial charge in [-0.15, -0.1) is 0 Å². The van der Waals surface area contributed by atoms with Crippen LogP contribution in [0.2, 0.25) is 0 Å². The third kappa shape index (κ3) is 4.31. The largest absolute Gasteiger partial charge is 0.481 e. The highest BCUT2D eigenvalue weighted by atomic mass is 16.4. The second-order valence-corrected chi connectivity index (χ2v) is 7.72. The van der Waals surface area contributed by atoms with Crippen LogP contribution in [0.1, 0.15) is 55.1 Å². The monoisotopic (exact) mass is 398 g/mol. The number of nitrogens with zero attached hydrogens (tertiary/aromatic N) is 3. The van der Waals surface area contributed by atoms with Crippen LogP contribution in [0.25, 0.3) is 22.3 Å². The Hall–Kier alpha value is -3.16. The normalized spacial score (nSPS) is 12.5. The molecule has 1 amide bonds. The Balaban J connectivity index is 2.04. The molecule has 1 atom stereocenters. The molecule has 8 heteroatoms. The summed E-state index contributed by atoms with van der Waals surface area (Å²) in [5.74, 6) is 0.156. The summed E-state index contributed by atoms with van der Waals surface area (Å²) in [6.07, 6.45) is 1.64. The zero-order valence-electron chi connectivity index (χ0n) is 17.3. The lowest BCUT2D eigenvalue weighted by Gasteiger charge is -2.13. The Labute approximate surface area is 168 Å². The summed E-state index contributed by atoms with van der Waals surface area (Å²) in [6.45, 7) is 9.79. The minimum Gasteiger partial charge on any atom is -0.481 e. The number of nitrogens with one attached hydrogen (secondary N) is 1. The Bertz CT molecular complexity index is 1060. The van der Waals surface area contributed by atoms with Crippen molar-refractivity contribution in [3.63, 3.8) is 0 Å². The minimum absolute atomic E-state index is 0.00391. The van der Waals surface area contributed by atoms with E-state index in [4.69, 9.17) is 14.5 Å². The van der Waals surface area contributed by atoms with Crippen molar-refractivity contribution in [3.8, 4) is 11.3 Å². The number of furan rings is 1. The highest BCUT2D eigenvalue weighted by molar-refractivity contribution is 6.06. The first-order valence-corrected chi connectivity index (χ1v) is 9.63. The van der Waals surface area contributed by atoms with Gasteiger partial charge in [0.2, 0.25) is 0 Å². The lowest BCUT2D eigenvalue weighted by molar-refractivity contribution is -0.137. The van der Waals surface area contributed by atoms with Crippen LogP contribution in [0.5, 0.6) is 0 Å². The molecule has 8 nitrogen and oxygen atoms in total. The van der Waals surface area contributed by atoms with Crippen LogP contribution in [0, 0.1) is 19.8 Å². The van der Waals surface area contributed by atoms with E-state index in [-0.39, 0.29) is 30.8 Å². The maximum absolute atomic E-state index is 13.0. The number of amides is 1. The zero-order valence-corrected chi connectivity index (χ0v) is 17.3. The molecule has 154 valence electrons. The fourth-order valence-electron chi connectivity index (χ4n) is 3.34. The molecule has 0 spiro atoms. The number of rotatable bonds is 7. The van der Waals surface area contributed by atoms with Crippen LogP contribution in [0.3, 0.4) is 0 Å². The van der Waals surface area contributed by atoms with Gasteiger partial charge < -0.3 is 14.8 Å². The fourth-order valence-corrected chi connectivity index (χ4v) is 3.34. The first-order chi connectivity index (χ1) is 13.7. The minimum atomic E-state index is -0.885. The van der Waals surface area contributed by atoms with Gasteiger partial charge in [0.05, 0.1) is 22.8 Å². The topological polar surface area (TPSA) is 110 Å². The molecule has 0 saturated carbocycles. The second-order valence-electron chi connectivity index (χ2n) is 7.72. The Morgan fingerprint density at radius 3 is 2.55 bits per heavy atom. The van der Waals surface area contributed by atoms with E-state index in [1.54, 1.807) is 23.9 Å². The van der Waals surface area contributed by atoms with Gasteiger partial charge in [-0.2, -0.15) is 5.10 Å². The number of aliphatic carboxylic acids is 1. The average molecular weight is 398 g/mol.